The van der Waals surface area contributed by atoms with E-state index in [1.54, 1.807) is 0 Å². The van der Waals surface area contributed by atoms with Crippen molar-refractivity contribution in [1.29, 1.82) is 0 Å². The van der Waals surface area contributed by atoms with Crippen LogP contribution in [0.1, 0.15) is 50.3 Å². The van der Waals surface area contributed by atoms with Crippen LogP contribution in [0.5, 0.6) is 0 Å². The number of aromatic nitrogens is 3. The van der Waals surface area contributed by atoms with Crippen molar-refractivity contribution >= 4 is 5.91 Å². The van der Waals surface area contributed by atoms with E-state index in [2.05, 4.69) is 20.1 Å². The van der Waals surface area contributed by atoms with Crippen LogP contribution in [0.4, 0.5) is 0 Å². The van der Waals surface area contributed by atoms with Gasteiger partial charge in [0.2, 0.25) is 5.91 Å². The summed E-state index contributed by atoms with van der Waals surface area (Å²) in [4.78, 5) is 11.9. The van der Waals surface area contributed by atoms with Crippen LogP contribution in [0.2, 0.25) is 0 Å². The molecule has 0 saturated heterocycles. The number of hydrogen-bond donors (Lipinski definition) is 2. The maximum absolute atomic E-state index is 11.9. The molecule has 3 N–H and O–H groups in total. The number of fused-ring (bicyclic) bond motifs is 1. The maximum atomic E-state index is 11.9. The van der Waals surface area contributed by atoms with Crippen molar-refractivity contribution in [2.75, 3.05) is 0 Å². The Morgan fingerprint density at radius 2 is 2.32 bits per heavy atom. The quantitative estimate of drug-likeness (QED) is 0.811. The molecule has 1 aromatic heterocycles. The zero-order valence-electron chi connectivity index (χ0n) is 11.3. The van der Waals surface area contributed by atoms with E-state index in [-0.39, 0.29) is 18.0 Å². The number of rotatable bonds is 5. The minimum atomic E-state index is -0.0988. The number of nitrogens with two attached hydrogens (primary N) is 1. The van der Waals surface area contributed by atoms with Crippen molar-refractivity contribution in [2.24, 2.45) is 11.7 Å². The number of nitrogens with zero attached hydrogens (tertiary/aromatic N) is 3. The second kappa shape index (κ2) is 4.92. The molecule has 2 unspecified atom stereocenters. The molecule has 2 aliphatic rings. The first-order valence-corrected chi connectivity index (χ1v) is 7.12. The monoisotopic (exact) mass is 263 g/mol. The van der Waals surface area contributed by atoms with Crippen molar-refractivity contribution in [1.82, 2.24) is 20.1 Å². The van der Waals surface area contributed by atoms with Gasteiger partial charge >= 0.3 is 0 Å². The molecular weight excluding hydrogens is 242 g/mol. The van der Waals surface area contributed by atoms with Crippen LogP contribution in [0.15, 0.2) is 0 Å². The van der Waals surface area contributed by atoms with E-state index in [1.807, 2.05) is 6.92 Å². The fourth-order valence-corrected chi connectivity index (χ4v) is 2.76. The molecule has 1 aromatic rings. The standard InChI is InChI=1S/C13H21N5O/c1-8(13-17-16-11-3-2-6-18(11)13)15-12(19)7-10(14)9-4-5-9/h8-10H,2-7,14H2,1H3,(H,15,19). The molecule has 2 heterocycles. The Kier molecular flexibility index (Phi) is 3.26. The van der Waals surface area contributed by atoms with Gasteiger partial charge in [-0.3, -0.25) is 4.79 Å². The fourth-order valence-electron chi connectivity index (χ4n) is 2.76. The van der Waals surface area contributed by atoms with Crippen LogP contribution in [0, 0.1) is 5.92 Å². The predicted molar refractivity (Wildman–Crippen MR) is 70.2 cm³/mol. The van der Waals surface area contributed by atoms with Crippen molar-refractivity contribution < 1.29 is 4.79 Å². The van der Waals surface area contributed by atoms with Gasteiger partial charge in [-0.15, -0.1) is 10.2 Å². The molecule has 0 radical (unpaired) electrons. The summed E-state index contributed by atoms with van der Waals surface area (Å²) >= 11 is 0. The topological polar surface area (TPSA) is 85.8 Å². The number of amides is 1. The fraction of sp³-hybridized carbons (Fsp3) is 0.769. The summed E-state index contributed by atoms with van der Waals surface area (Å²) in [5.41, 5.74) is 5.97. The number of carbonyl (C=O) groups excluding carboxylic acids is 1. The van der Waals surface area contributed by atoms with E-state index >= 15 is 0 Å². The zero-order valence-corrected chi connectivity index (χ0v) is 11.3. The zero-order chi connectivity index (χ0) is 13.4. The molecule has 0 bridgehead atoms. The molecule has 1 aliphatic heterocycles. The van der Waals surface area contributed by atoms with Crippen LogP contribution in [0.25, 0.3) is 0 Å². The van der Waals surface area contributed by atoms with Gasteiger partial charge in [0.25, 0.3) is 0 Å². The van der Waals surface area contributed by atoms with Gasteiger partial charge in [-0.25, -0.2) is 0 Å². The highest BCUT2D eigenvalue weighted by Gasteiger charge is 2.30. The van der Waals surface area contributed by atoms with Crippen LogP contribution in [-0.4, -0.2) is 26.7 Å². The van der Waals surface area contributed by atoms with E-state index < -0.39 is 0 Å². The number of nitrogens with one attached hydrogen (secondary N) is 1. The summed E-state index contributed by atoms with van der Waals surface area (Å²) in [5.74, 6) is 2.47. The van der Waals surface area contributed by atoms with E-state index in [0.29, 0.717) is 12.3 Å². The Labute approximate surface area is 112 Å². The largest absolute Gasteiger partial charge is 0.346 e. The summed E-state index contributed by atoms with van der Waals surface area (Å²) < 4.78 is 2.12. The van der Waals surface area contributed by atoms with Gasteiger partial charge in [0, 0.05) is 25.4 Å². The average molecular weight is 263 g/mol. The molecule has 6 heteroatoms. The van der Waals surface area contributed by atoms with Crippen molar-refractivity contribution in [3.05, 3.63) is 11.6 Å². The van der Waals surface area contributed by atoms with Gasteiger partial charge in [-0.2, -0.15) is 0 Å². The highest BCUT2D eigenvalue weighted by molar-refractivity contribution is 5.77. The van der Waals surface area contributed by atoms with E-state index in [4.69, 9.17) is 5.73 Å². The molecule has 0 aromatic carbocycles. The molecule has 104 valence electrons. The van der Waals surface area contributed by atoms with Crippen molar-refractivity contribution in [2.45, 2.75) is 57.7 Å². The Balaban J connectivity index is 1.57. The van der Waals surface area contributed by atoms with Gasteiger partial charge in [-0.1, -0.05) is 0 Å². The smallest absolute Gasteiger partial charge is 0.222 e. The summed E-state index contributed by atoms with van der Waals surface area (Å²) in [5, 5.41) is 11.3. The minimum Gasteiger partial charge on any atom is -0.346 e. The summed E-state index contributed by atoms with van der Waals surface area (Å²) in [6, 6.07) is -0.0884. The molecule has 0 spiro atoms. The third kappa shape index (κ3) is 2.63. The first-order valence-electron chi connectivity index (χ1n) is 7.12. The highest BCUT2D eigenvalue weighted by atomic mass is 16.1. The lowest BCUT2D eigenvalue weighted by atomic mass is 10.1. The van der Waals surface area contributed by atoms with E-state index in [9.17, 15) is 4.79 Å². The first kappa shape index (κ1) is 12.6. The SMILES string of the molecule is CC(NC(=O)CC(N)C1CC1)c1nnc2n1CCC2. The Morgan fingerprint density at radius 1 is 1.53 bits per heavy atom. The third-order valence-electron chi connectivity index (χ3n) is 4.05. The van der Waals surface area contributed by atoms with Crippen molar-refractivity contribution in [3.8, 4) is 0 Å². The van der Waals surface area contributed by atoms with Crippen molar-refractivity contribution in [3.63, 3.8) is 0 Å². The highest BCUT2D eigenvalue weighted by Crippen LogP contribution is 2.32. The third-order valence-corrected chi connectivity index (χ3v) is 4.05. The van der Waals surface area contributed by atoms with Gasteiger partial charge in [0.1, 0.15) is 5.82 Å². The number of carbonyl (C=O) groups is 1. The molecule has 1 aliphatic carbocycles. The molecule has 1 amide bonds. The second-order valence-electron chi connectivity index (χ2n) is 5.72. The molecule has 1 fully saturated rings. The van der Waals surface area contributed by atoms with Crippen LogP contribution in [0.3, 0.4) is 0 Å². The lowest BCUT2D eigenvalue weighted by Gasteiger charge is -2.16. The molecule has 3 rings (SSSR count). The van der Waals surface area contributed by atoms with Gasteiger partial charge in [0.05, 0.1) is 6.04 Å². The molecular formula is C13H21N5O. The summed E-state index contributed by atoms with van der Waals surface area (Å²) in [6.45, 7) is 2.91. The summed E-state index contributed by atoms with van der Waals surface area (Å²) in [6.07, 6.45) is 4.85. The van der Waals surface area contributed by atoms with Crippen LogP contribution < -0.4 is 11.1 Å². The first-order chi connectivity index (χ1) is 9.15. The number of hydrogen-bond acceptors (Lipinski definition) is 4. The lowest BCUT2D eigenvalue weighted by Crippen LogP contribution is -2.35. The van der Waals surface area contributed by atoms with Crippen LogP contribution in [-0.2, 0) is 17.8 Å². The maximum Gasteiger partial charge on any atom is 0.222 e. The molecule has 1 saturated carbocycles. The predicted octanol–water partition coefficient (Wildman–Crippen LogP) is 0.529. The lowest BCUT2D eigenvalue weighted by molar-refractivity contribution is -0.122. The Bertz CT molecular complexity index is 479. The molecule has 19 heavy (non-hydrogen) atoms. The normalized spacial score (nSPS) is 20.9. The van der Waals surface area contributed by atoms with E-state index in [1.165, 1.54) is 12.8 Å². The Morgan fingerprint density at radius 3 is 3.05 bits per heavy atom. The number of aryl methyl sites for hydroxylation is 1. The van der Waals surface area contributed by atoms with Gasteiger partial charge in [0.15, 0.2) is 5.82 Å². The van der Waals surface area contributed by atoms with E-state index in [0.717, 1.165) is 31.0 Å². The second-order valence-corrected chi connectivity index (χ2v) is 5.72. The molecule has 6 nitrogen and oxygen atoms in total. The van der Waals surface area contributed by atoms with Crippen LogP contribution >= 0.6 is 0 Å². The van der Waals surface area contributed by atoms with Gasteiger partial charge in [-0.05, 0) is 32.1 Å². The molecule has 2 atom stereocenters. The minimum absolute atomic E-state index is 0.0105. The Hall–Kier alpha value is -1.43. The average Bonchev–Trinajstić information content (AvgIpc) is 2.96. The summed E-state index contributed by atoms with van der Waals surface area (Å²) in [7, 11) is 0. The van der Waals surface area contributed by atoms with Gasteiger partial charge < -0.3 is 15.6 Å².